The second-order valence-electron chi connectivity index (χ2n) is 7.17. The van der Waals surface area contributed by atoms with Gasteiger partial charge in [0.05, 0.1) is 30.1 Å². The average molecular weight is 343 g/mol. The lowest BCUT2D eigenvalue weighted by Crippen LogP contribution is -2.32. The van der Waals surface area contributed by atoms with Crippen LogP contribution in [-0.4, -0.2) is 40.1 Å². The number of rotatable bonds is 7. The number of benzene rings is 1. The maximum absolute atomic E-state index is 12.7. The quantitative estimate of drug-likeness (QED) is 0.719. The van der Waals surface area contributed by atoms with Crippen LogP contribution in [0, 0.1) is 5.92 Å². The van der Waals surface area contributed by atoms with E-state index in [1.807, 2.05) is 23.1 Å². The van der Waals surface area contributed by atoms with Crippen molar-refractivity contribution in [2.75, 3.05) is 19.8 Å². The minimum Gasteiger partial charge on any atom is -0.381 e. The minimum absolute atomic E-state index is 0.0879. The number of ether oxygens (including phenoxy) is 1. The molecule has 1 fully saturated rings. The van der Waals surface area contributed by atoms with Gasteiger partial charge in [-0.1, -0.05) is 26.0 Å². The summed E-state index contributed by atoms with van der Waals surface area (Å²) in [6.07, 6.45) is 2.48. The number of hydrogen-bond acceptors (Lipinski definition) is 3. The fourth-order valence-corrected chi connectivity index (χ4v) is 3.64. The maximum atomic E-state index is 12.7. The molecule has 1 atom stereocenters. The van der Waals surface area contributed by atoms with Crippen LogP contribution in [-0.2, 0) is 16.1 Å². The molecule has 0 bridgehead atoms. The molecule has 1 unspecified atom stereocenters. The lowest BCUT2D eigenvalue weighted by Gasteiger charge is -2.25. The first-order chi connectivity index (χ1) is 12.1. The molecule has 2 aromatic rings. The second kappa shape index (κ2) is 8.00. The molecule has 1 saturated heterocycles. The zero-order valence-electron chi connectivity index (χ0n) is 15.6. The van der Waals surface area contributed by atoms with Gasteiger partial charge >= 0.3 is 0 Å². The number of aromatic nitrogens is 2. The fourth-order valence-electron chi connectivity index (χ4n) is 3.64. The highest BCUT2D eigenvalue weighted by atomic mass is 16.5. The van der Waals surface area contributed by atoms with Crippen LogP contribution in [0.5, 0.6) is 0 Å². The molecule has 3 rings (SSSR count). The Morgan fingerprint density at radius 1 is 1.36 bits per heavy atom. The smallest absolute Gasteiger partial charge is 0.225 e. The second-order valence-corrected chi connectivity index (χ2v) is 7.17. The molecule has 1 aliphatic rings. The Labute approximate surface area is 150 Å². The molecule has 5 heteroatoms. The molecule has 1 aliphatic heterocycles. The zero-order valence-corrected chi connectivity index (χ0v) is 15.6. The molecule has 1 aromatic heterocycles. The molecule has 0 N–H and O–H groups in total. The molecule has 5 nitrogen and oxygen atoms in total. The fraction of sp³-hybridized carbons (Fsp3) is 0.600. The molecule has 0 spiro atoms. The normalized spacial score (nSPS) is 17.8. The zero-order chi connectivity index (χ0) is 17.8. The van der Waals surface area contributed by atoms with E-state index in [-0.39, 0.29) is 11.9 Å². The van der Waals surface area contributed by atoms with Crippen LogP contribution < -0.4 is 0 Å². The van der Waals surface area contributed by atoms with Crippen LogP contribution in [0.15, 0.2) is 24.3 Å². The number of imidazole rings is 1. The third kappa shape index (κ3) is 3.87. The number of para-hydroxylation sites is 2. The SMILES string of the molecule is CCn1c(C2CCCN2C(=O)CCOCC(C)C)nc2ccccc21. The van der Waals surface area contributed by atoms with Crippen molar-refractivity contribution in [3.8, 4) is 0 Å². The number of fused-ring (bicyclic) bond motifs is 1. The summed E-state index contributed by atoms with van der Waals surface area (Å²) in [6.45, 7) is 9.28. The van der Waals surface area contributed by atoms with E-state index >= 15 is 0 Å². The summed E-state index contributed by atoms with van der Waals surface area (Å²) < 4.78 is 7.84. The Hall–Kier alpha value is -1.88. The number of aryl methyl sites for hydroxylation is 1. The molecule has 25 heavy (non-hydrogen) atoms. The predicted molar refractivity (Wildman–Crippen MR) is 99.4 cm³/mol. The van der Waals surface area contributed by atoms with Gasteiger partial charge in [0.2, 0.25) is 5.91 Å². The first-order valence-electron chi connectivity index (χ1n) is 9.44. The van der Waals surface area contributed by atoms with Crippen molar-refractivity contribution in [2.45, 2.75) is 52.6 Å². The predicted octanol–water partition coefficient (Wildman–Crippen LogP) is 3.78. The Morgan fingerprint density at radius 2 is 2.16 bits per heavy atom. The van der Waals surface area contributed by atoms with E-state index in [0.29, 0.717) is 25.6 Å². The Bertz CT molecular complexity index is 723. The Morgan fingerprint density at radius 3 is 2.92 bits per heavy atom. The van der Waals surface area contributed by atoms with Crippen molar-refractivity contribution in [3.63, 3.8) is 0 Å². The van der Waals surface area contributed by atoms with E-state index in [1.165, 1.54) is 0 Å². The van der Waals surface area contributed by atoms with Gasteiger partial charge in [0.25, 0.3) is 0 Å². The van der Waals surface area contributed by atoms with E-state index in [9.17, 15) is 4.79 Å². The van der Waals surface area contributed by atoms with Crippen LogP contribution in [0.2, 0.25) is 0 Å². The minimum atomic E-state index is 0.0879. The highest BCUT2D eigenvalue weighted by Gasteiger charge is 2.33. The molecule has 2 heterocycles. The molecule has 0 radical (unpaired) electrons. The lowest BCUT2D eigenvalue weighted by molar-refractivity contribution is -0.133. The average Bonchev–Trinajstić information content (AvgIpc) is 3.21. The van der Waals surface area contributed by atoms with E-state index in [1.54, 1.807) is 0 Å². The van der Waals surface area contributed by atoms with Crippen molar-refractivity contribution < 1.29 is 9.53 Å². The van der Waals surface area contributed by atoms with Crippen LogP contribution >= 0.6 is 0 Å². The first-order valence-corrected chi connectivity index (χ1v) is 9.44. The standard InChI is InChI=1S/C20H29N3O2/c1-4-22-17-9-6-5-8-16(17)21-20(22)18-10-7-12-23(18)19(24)11-13-25-14-15(2)3/h5-6,8-9,15,18H,4,7,10-14H2,1-3H3. The number of carbonyl (C=O) groups excluding carboxylic acids is 1. The first kappa shape index (κ1) is 17.9. The number of amides is 1. The van der Waals surface area contributed by atoms with Gasteiger partial charge in [-0.3, -0.25) is 4.79 Å². The summed E-state index contributed by atoms with van der Waals surface area (Å²) >= 11 is 0. The van der Waals surface area contributed by atoms with Gasteiger partial charge in [-0.2, -0.15) is 0 Å². The summed E-state index contributed by atoms with van der Waals surface area (Å²) in [5.74, 6) is 1.71. The van der Waals surface area contributed by atoms with Gasteiger partial charge in [-0.05, 0) is 37.8 Å². The monoisotopic (exact) mass is 343 g/mol. The molecule has 1 amide bonds. The van der Waals surface area contributed by atoms with Crippen molar-refractivity contribution in [1.29, 1.82) is 0 Å². The summed E-state index contributed by atoms with van der Waals surface area (Å²) in [6, 6.07) is 8.30. The Kier molecular flexibility index (Phi) is 5.74. The number of nitrogens with zero attached hydrogens (tertiary/aromatic N) is 3. The van der Waals surface area contributed by atoms with E-state index in [4.69, 9.17) is 9.72 Å². The summed E-state index contributed by atoms with van der Waals surface area (Å²) in [4.78, 5) is 19.6. The summed E-state index contributed by atoms with van der Waals surface area (Å²) in [7, 11) is 0. The van der Waals surface area contributed by atoms with Crippen LogP contribution in [0.25, 0.3) is 11.0 Å². The van der Waals surface area contributed by atoms with Crippen LogP contribution in [0.4, 0.5) is 0 Å². The van der Waals surface area contributed by atoms with Gasteiger partial charge in [0, 0.05) is 19.7 Å². The molecule has 136 valence electrons. The van der Waals surface area contributed by atoms with Crippen LogP contribution in [0.3, 0.4) is 0 Å². The van der Waals surface area contributed by atoms with Gasteiger partial charge in [-0.25, -0.2) is 4.98 Å². The molecular formula is C20H29N3O2. The van der Waals surface area contributed by atoms with Crippen molar-refractivity contribution >= 4 is 16.9 Å². The number of hydrogen-bond donors (Lipinski definition) is 0. The van der Waals surface area contributed by atoms with E-state index in [0.717, 1.165) is 42.8 Å². The number of carbonyl (C=O) groups is 1. The molecule has 1 aromatic carbocycles. The van der Waals surface area contributed by atoms with Crippen LogP contribution in [0.1, 0.15) is 51.9 Å². The topological polar surface area (TPSA) is 47.4 Å². The third-order valence-electron chi connectivity index (χ3n) is 4.78. The highest BCUT2D eigenvalue weighted by Crippen LogP contribution is 2.33. The van der Waals surface area contributed by atoms with Gasteiger partial charge in [-0.15, -0.1) is 0 Å². The van der Waals surface area contributed by atoms with Crippen molar-refractivity contribution in [2.24, 2.45) is 5.92 Å². The molecular weight excluding hydrogens is 314 g/mol. The number of likely N-dealkylation sites (tertiary alicyclic amines) is 1. The van der Waals surface area contributed by atoms with Crippen molar-refractivity contribution in [1.82, 2.24) is 14.5 Å². The van der Waals surface area contributed by atoms with E-state index in [2.05, 4.69) is 31.4 Å². The van der Waals surface area contributed by atoms with Gasteiger partial charge < -0.3 is 14.2 Å². The molecule has 0 aliphatic carbocycles. The summed E-state index contributed by atoms with van der Waals surface area (Å²) in [5.41, 5.74) is 2.17. The van der Waals surface area contributed by atoms with E-state index < -0.39 is 0 Å². The van der Waals surface area contributed by atoms with Crippen molar-refractivity contribution in [3.05, 3.63) is 30.1 Å². The molecule has 0 saturated carbocycles. The van der Waals surface area contributed by atoms with Gasteiger partial charge in [0.15, 0.2) is 0 Å². The summed E-state index contributed by atoms with van der Waals surface area (Å²) in [5, 5.41) is 0. The lowest BCUT2D eigenvalue weighted by atomic mass is 10.2. The highest BCUT2D eigenvalue weighted by molar-refractivity contribution is 5.78. The van der Waals surface area contributed by atoms with Gasteiger partial charge in [0.1, 0.15) is 5.82 Å². The largest absolute Gasteiger partial charge is 0.381 e. The third-order valence-corrected chi connectivity index (χ3v) is 4.78. The Balaban J connectivity index is 1.74. The maximum Gasteiger partial charge on any atom is 0.225 e.